The van der Waals surface area contributed by atoms with Gasteiger partial charge in [0.2, 0.25) is 11.8 Å². The van der Waals surface area contributed by atoms with Gasteiger partial charge in [-0.15, -0.1) is 22.9 Å². The molecule has 4 nitrogen and oxygen atoms in total. The van der Waals surface area contributed by atoms with Crippen LogP contribution < -0.4 is 0 Å². The van der Waals surface area contributed by atoms with E-state index in [1.807, 2.05) is 66.6 Å². The van der Waals surface area contributed by atoms with Crippen LogP contribution in [0.15, 0.2) is 47.8 Å². The molecule has 0 fully saturated rings. The van der Waals surface area contributed by atoms with Gasteiger partial charge in [-0.25, -0.2) is 0 Å². The summed E-state index contributed by atoms with van der Waals surface area (Å²) in [6.07, 6.45) is 0.770. The lowest BCUT2D eigenvalue weighted by Crippen LogP contribution is -2.48. The van der Waals surface area contributed by atoms with Crippen molar-refractivity contribution in [2.75, 3.05) is 6.54 Å². The van der Waals surface area contributed by atoms with Gasteiger partial charge >= 0.3 is 0 Å². The van der Waals surface area contributed by atoms with Crippen LogP contribution in [-0.2, 0) is 22.7 Å². The maximum atomic E-state index is 13.1. The Morgan fingerprint density at radius 1 is 1.07 bits per heavy atom. The molecule has 2 rings (SSSR count). The smallest absolute Gasteiger partial charge is 0.242 e. The monoisotopic (exact) mass is 406 g/mol. The van der Waals surface area contributed by atoms with Gasteiger partial charge in [-0.05, 0) is 37.3 Å². The first kappa shape index (κ1) is 21.5. The Hall–Kier alpha value is -1.85. The van der Waals surface area contributed by atoms with Crippen LogP contribution >= 0.6 is 22.9 Å². The number of carbonyl (C=O) groups excluding carboxylic acids is 2. The lowest BCUT2D eigenvalue weighted by molar-refractivity contribution is -0.142. The summed E-state index contributed by atoms with van der Waals surface area (Å²) in [6.45, 7) is 6.69. The third-order valence-electron chi connectivity index (χ3n) is 4.55. The molecule has 1 aromatic carbocycles. The van der Waals surface area contributed by atoms with E-state index in [-0.39, 0.29) is 24.4 Å². The van der Waals surface area contributed by atoms with Gasteiger partial charge in [-0.2, -0.15) is 0 Å². The summed E-state index contributed by atoms with van der Waals surface area (Å²) in [6, 6.07) is 13.9. The van der Waals surface area contributed by atoms with Crippen LogP contribution in [0.5, 0.6) is 0 Å². The average molecular weight is 407 g/mol. The minimum Gasteiger partial charge on any atom is -0.332 e. The third kappa shape index (κ3) is 6.36. The van der Waals surface area contributed by atoms with E-state index in [2.05, 4.69) is 0 Å². The van der Waals surface area contributed by atoms with E-state index in [4.69, 9.17) is 11.6 Å². The zero-order valence-electron chi connectivity index (χ0n) is 16.1. The van der Waals surface area contributed by atoms with E-state index in [0.29, 0.717) is 13.1 Å². The summed E-state index contributed by atoms with van der Waals surface area (Å²) in [4.78, 5) is 30.2. The Bertz CT molecular complexity index is 719. The highest BCUT2D eigenvalue weighted by Gasteiger charge is 2.27. The number of thiophene rings is 1. The van der Waals surface area contributed by atoms with Crippen molar-refractivity contribution < 1.29 is 9.59 Å². The van der Waals surface area contributed by atoms with Gasteiger partial charge in [-0.3, -0.25) is 9.59 Å². The molecule has 2 atom stereocenters. The predicted octanol–water partition coefficient (Wildman–Crippen LogP) is 4.53. The lowest BCUT2D eigenvalue weighted by Gasteiger charge is -2.32. The fraction of sp³-hybridized carbons (Fsp3) is 0.429. The standard InChI is InChI=1S/C21H27ClN2O2S/c1-4-16(2)24(21(26)17(3)22)15-20(25)23(14-19-11-8-12-27-19)13-18-9-6-5-7-10-18/h5-12,16-17H,4,13-15H2,1-3H3/t16-,17-/m1/s1. The largest absolute Gasteiger partial charge is 0.332 e. The van der Waals surface area contributed by atoms with Crippen LogP contribution in [0.2, 0.25) is 0 Å². The molecule has 0 bridgehead atoms. The minimum atomic E-state index is -0.647. The van der Waals surface area contributed by atoms with Crippen LogP contribution in [0.1, 0.15) is 37.6 Å². The topological polar surface area (TPSA) is 40.6 Å². The first-order valence-electron chi connectivity index (χ1n) is 9.21. The number of amides is 2. The molecule has 1 heterocycles. The van der Waals surface area contributed by atoms with E-state index in [1.165, 1.54) is 0 Å². The fourth-order valence-electron chi connectivity index (χ4n) is 2.77. The Kier molecular flexibility index (Phi) is 8.32. The number of carbonyl (C=O) groups is 2. The van der Waals surface area contributed by atoms with Crippen molar-refractivity contribution in [1.29, 1.82) is 0 Å². The summed E-state index contributed by atoms with van der Waals surface area (Å²) in [5.74, 6) is -0.270. The molecule has 0 spiro atoms. The highest BCUT2D eigenvalue weighted by Crippen LogP contribution is 2.16. The predicted molar refractivity (Wildman–Crippen MR) is 112 cm³/mol. The zero-order valence-corrected chi connectivity index (χ0v) is 17.7. The van der Waals surface area contributed by atoms with Gasteiger partial charge in [0.1, 0.15) is 11.9 Å². The van der Waals surface area contributed by atoms with Gasteiger partial charge in [0, 0.05) is 17.5 Å². The van der Waals surface area contributed by atoms with E-state index in [0.717, 1.165) is 16.9 Å². The average Bonchev–Trinajstić information content (AvgIpc) is 3.18. The second-order valence-electron chi connectivity index (χ2n) is 6.65. The van der Waals surface area contributed by atoms with E-state index in [1.54, 1.807) is 23.2 Å². The van der Waals surface area contributed by atoms with Crippen LogP contribution in [-0.4, -0.2) is 39.6 Å². The first-order chi connectivity index (χ1) is 12.9. The number of halogens is 1. The quantitative estimate of drug-likeness (QED) is 0.574. The van der Waals surface area contributed by atoms with Crippen molar-refractivity contribution in [3.05, 3.63) is 58.3 Å². The van der Waals surface area contributed by atoms with E-state index in [9.17, 15) is 9.59 Å². The summed E-state index contributed by atoms with van der Waals surface area (Å²) in [5, 5.41) is 1.36. The summed E-state index contributed by atoms with van der Waals surface area (Å²) >= 11 is 7.64. The first-order valence-corrected chi connectivity index (χ1v) is 10.5. The van der Waals surface area contributed by atoms with Crippen LogP contribution in [0.3, 0.4) is 0 Å². The summed E-state index contributed by atoms with van der Waals surface area (Å²) < 4.78 is 0. The normalized spacial score (nSPS) is 13.0. The molecular formula is C21H27ClN2O2S. The van der Waals surface area contributed by atoms with Crippen LogP contribution in [0, 0.1) is 0 Å². The van der Waals surface area contributed by atoms with Crippen molar-refractivity contribution >= 4 is 34.8 Å². The Labute approximate surface area is 170 Å². The molecule has 0 saturated carbocycles. The molecule has 1 aromatic heterocycles. The summed E-state index contributed by atoms with van der Waals surface area (Å²) in [7, 11) is 0. The second-order valence-corrected chi connectivity index (χ2v) is 8.34. The molecule has 0 saturated heterocycles. The van der Waals surface area contributed by atoms with Crippen molar-refractivity contribution in [2.45, 2.75) is 51.7 Å². The SMILES string of the molecule is CC[C@@H](C)N(CC(=O)N(Cc1ccccc1)Cc1cccs1)C(=O)[C@@H](C)Cl. The van der Waals surface area contributed by atoms with E-state index >= 15 is 0 Å². The summed E-state index contributed by atoms with van der Waals surface area (Å²) in [5.41, 5.74) is 1.06. The van der Waals surface area contributed by atoms with Crippen molar-refractivity contribution in [3.8, 4) is 0 Å². The molecule has 2 amide bonds. The van der Waals surface area contributed by atoms with Gasteiger partial charge in [0.05, 0.1) is 6.54 Å². The number of hydrogen-bond acceptors (Lipinski definition) is 3. The maximum absolute atomic E-state index is 13.1. The van der Waals surface area contributed by atoms with Gasteiger partial charge < -0.3 is 9.80 Å². The van der Waals surface area contributed by atoms with Crippen LogP contribution in [0.25, 0.3) is 0 Å². The van der Waals surface area contributed by atoms with Crippen LogP contribution in [0.4, 0.5) is 0 Å². The minimum absolute atomic E-state index is 0.0389. The zero-order chi connectivity index (χ0) is 19.8. The molecule has 2 aromatic rings. The Morgan fingerprint density at radius 3 is 2.33 bits per heavy atom. The Morgan fingerprint density at radius 2 is 1.78 bits per heavy atom. The van der Waals surface area contributed by atoms with Crippen molar-refractivity contribution in [3.63, 3.8) is 0 Å². The van der Waals surface area contributed by atoms with Crippen molar-refractivity contribution in [1.82, 2.24) is 9.80 Å². The molecular weight excluding hydrogens is 380 g/mol. The number of rotatable bonds is 9. The van der Waals surface area contributed by atoms with Gasteiger partial charge in [0.25, 0.3) is 0 Å². The third-order valence-corrected chi connectivity index (χ3v) is 5.60. The molecule has 0 unspecified atom stereocenters. The second kappa shape index (κ2) is 10.5. The highest BCUT2D eigenvalue weighted by atomic mass is 35.5. The number of hydrogen-bond donors (Lipinski definition) is 0. The van der Waals surface area contributed by atoms with Crippen molar-refractivity contribution in [2.24, 2.45) is 0 Å². The molecule has 146 valence electrons. The van der Waals surface area contributed by atoms with E-state index < -0.39 is 5.38 Å². The molecule has 0 radical (unpaired) electrons. The lowest BCUT2D eigenvalue weighted by atomic mass is 10.2. The molecule has 0 aliphatic carbocycles. The fourth-order valence-corrected chi connectivity index (χ4v) is 3.62. The molecule has 27 heavy (non-hydrogen) atoms. The molecule has 6 heteroatoms. The number of nitrogens with zero attached hydrogens (tertiary/aromatic N) is 2. The molecule has 0 aliphatic rings. The maximum Gasteiger partial charge on any atom is 0.242 e. The molecule has 0 aliphatic heterocycles. The number of benzene rings is 1. The highest BCUT2D eigenvalue weighted by molar-refractivity contribution is 7.09. The Balaban J connectivity index is 2.18. The van der Waals surface area contributed by atoms with Gasteiger partial charge in [0.15, 0.2) is 0 Å². The number of alkyl halides is 1. The molecule has 0 N–H and O–H groups in total. The van der Waals surface area contributed by atoms with Gasteiger partial charge in [-0.1, -0.05) is 43.3 Å².